The third kappa shape index (κ3) is 3.53. The van der Waals surface area contributed by atoms with E-state index in [1.54, 1.807) is 11.3 Å². The van der Waals surface area contributed by atoms with Gasteiger partial charge in [-0.15, -0.1) is 11.3 Å². The van der Waals surface area contributed by atoms with Crippen LogP contribution in [0.1, 0.15) is 43.0 Å². The van der Waals surface area contributed by atoms with Gasteiger partial charge in [-0.25, -0.2) is 0 Å². The number of nitrogens with zero attached hydrogens (tertiary/aromatic N) is 1. The van der Waals surface area contributed by atoms with E-state index in [-0.39, 0.29) is 18.0 Å². The zero-order valence-corrected chi connectivity index (χ0v) is 14.4. The molecule has 1 aliphatic carbocycles. The molecule has 4 unspecified atom stereocenters. The molecule has 1 saturated heterocycles. The van der Waals surface area contributed by atoms with Crippen molar-refractivity contribution in [2.45, 2.75) is 50.2 Å². The number of likely N-dealkylation sites (N-methyl/N-ethyl adjacent to an activating group) is 1. The van der Waals surface area contributed by atoms with Crippen LogP contribution in [0.2, 0.25) is 0 Å². The Balaban J connectivity index is 1.53. The fraction of sp³-hybridized carbons (Fsp3) is 0.706. The Kier molecular flexibility index (Phi) is 5.16. The summed E-state index contributed by atoms with van der Waals surface area (Å²) in [7, 11) is 4.14. The quantitative estimate of drug-likeness (QED) is 0.875. The molecule has 0 spiro atoms. The van der Waals surface area contributed by atoms with Gasteiger partial charge in [0.25, 0.3) is 0 Å². The third-order valence-electron chi connectivity index (χ3n) is 5.14. The summed E-state index contributed by atoms with van der Waals surface area (Å²) >= 11 is 1.75. The van der Waals surface area contributed by atoms with E-state index in [9.17, 15) is 4.79 Å². The van der Waals surface area contributed by atoms with Crippen LogP contribution in [0.3, 0.4) is 0 Å². The lowest BCUT2D eigenvalue weighted by molar-refractivity contribution is -0.123. The first kappa shape index (κ1) is 16.0. The summed E-state index contributed by atoms with van der Waals surface area (Å²) < 4.78 is 0. The summed E-state index contributed by atoms with van der Waals surface area (Å²) in [4.78, 5) is 16.0. The summed E-state index contributed by atoms with van der Waals surface area (Å²) in [5.74, 6) is 0.893. The lowest BCUT2D eigenvalue weighted by Crippen LogP contribution is -2.45. The van der Waals surface area contributed by atoms with Crippen LogP contribution < -0.4 is 10.6 Å². The highest BCUT2D eigenvalue weighted by atomic mass is 32.1. The number of amides is 1. The topological polar surface area (TPSA) is 44.4 Å². The first-order valence-corrected chi connectivity index (χ1v) is 9.26. The molecule has 2 fully saturated rings. The zero-order chi connectivity index (χ0) is 15.5. The second kappa shape index (κ2) is 7.11. The predicted octanol–water partition coefficient (Wildman–Crippen LogP) is 2.39. The number of carbonyl (C=O) groups excluding carboxylic acids is 1. The molecule has 2 aliphatic rings. The molecule has 0 aromatic carbocycles. The molecule has 1 amide bonds. The molecule has 2 heterocycles. The number of nitrogens with one attached hydrogen (secondary N) is 2. The van der Waals surface area contributed by atoms with Crippen LogP contribution in [0.15, 0.2) is 17.5 Å². The average molecular weight is 321 g/mol. The standard InChI is InChI=1S/C17H27N3OS/c1-20(2)15(16-8-5-9-22-16)11-18-17(21)14-10-12-6-3-4-7-13(12)19-14/h5,8-9,12-15,19H,3-4,6-7,10-11H2,1-2H3,(H,18,21). The van der Waals surface area contributed by atoms with E-state index < -0.39 is 0 Å². The molecule has 1 saturated carbocycles. The van der Waals surface area contributed by atoms with Crippen LogP contribution in [0, 0.1) is 5.92 Å². The highest BCUT2D eigenvalue weighted by Crippen LogP contribution is 2.33. The van der Waals surface area contributed by atoms with Crippen molar-refractivity contribution in [2.24, 2.45) is 5.92 Å². The number of hydrogen-bond donors (Lipinski definition) is 2. The summed E-state index contributed by atoms with van der Waals surface area (Å²) in [6, 6.07) is 5.06. The van der Waals surface area contributed by atoms with Gasteiger partial charge in [-0.05, 0) is 50.7 Å². The predicted molar refractivity (Wildman–Crippen MR) is 91.0 cm³/mol. The van der Waals surface area contributed by atoms with Crippen LogP contribution in [0.5, 0.6) is 0 Å². The van der Waals surface area contributed by atoms with Gasteiger partial charge >= 0.3 is 0 Å². The van der Waals surface area contributed by atoms with E-state index in [1.807, 2.05) is 0 Å². The number of rotatable bonds is 5. The molecule has 1 aromatic heterocycles. The van der Waals surface area contributed by atoms with E-state index in [0.29, 0.717) is 18.5 Å². The molecule has 1 aliphatic heterocycles. The normalized spacial score (nSPS) is 29.3. The van der Waals surface area contributed by atoms with Gasteiger partial charge in [-0.1, -0.05) is 18.9 Å². The Bertz CT molecular complexity index is 474. The van der Waals surface area contributed by atoms with Crippen molar-refractivity contribution in [1.82, 2.24) is 15.5 Å². The largest absolute Gasteiger partial charge is 0.353 e. The van der Waals surface area contributed by atoms with Crippen molar-refractivity contribution in [3.63, 3.8) is 0 Å². The van der Waals surface area contributed by atoms with Gasteiger partial charge in [-0.2, -0.15) is 0 Å². The molecule has 4 nitrogen and oxygen atoms in total. The number of fused-ring (bicyclic) bond motifs is 1. The second-order valence-electron chi connectivity index (χ2n) is 6.85. The zero-order valence-electron chi connectivity index (χ0n) is 13.5. The van der Waals surface area contributed by atoms with Gasteiger partial charge in [0.1, 0.15) is 0 Å². The molecular weight excluding hydrogens is 294 g/mol. The molecule has 22 heavy (non-hydrogen) atoms. The molecule has 122 valence electrons. The molecule has 0 bridgehead atoms. The van der Waals surface area contributed by atoms with Crippen LogP contribution in [-0.2, 0) is 4.79 Å². The minimum absolute atomic E-state index is 0.0132. The van der Waals surface area contributed by atoms with Crippen molar-refractivity contribution < 1.29 is 4.79 Å². The summed E-state index contributed by atoms with van der Waals surface area (Å²) in [5.41, 5.74) is 0. The first-order valence-electron chi connectivity index (χ1n) is 8.38. The van der Waals surface area contributed by atoms with Crippen LogP contribution in [0.25, 0.3) is 0 Å². The van der Waals surface area contributed by atoms with E-state index in [2.05, 4.69) is 47.1 Å². The van der Waals surface area contributed by atoms with Gasteiger partial charge in [0.15, 0.2) is 0 Å². The van der Waals surface area contributed by atoms with E-state index in [4.69, 9.17) is 0 Å². The Morgan fingerprint density at radius 2 is 2.27 bits per heavy atom. The van der Waals surface area contributed by atoms with Crippen molar-refractivity contribution in [2.75, 3.05) is 20.6 Å². The van der Waals surface area contributed by atoms with Gasteiger partial charge in [0, 0.05) is 17.5 Å². The molecule has 3 rings (SSSR count). The second-order valence-corrected chi connectivity index (χ2v) is 7.83. The van der Waals surface area contributed by atoms with E-state index in [1.165, 1.54) is 30.6 Å². The number of hydrogen-bond acceptors (Lipinski definition) is 4. The minimum Gasteiger partial charge on any atom is -0.353 e. The molecule has 0 radical (unpaired) electrons. The highest BCUT2D eigenvalue weighted by molar-refractivity contribution is 7.10. The molecule has 4 atom stereocenters. The fourth-order valence-corrected chi connectivity index (χ4v) is 4.78. The Morgan fingerprint density at radius 3 is 2.95 bits per heavy atom. The summed E-state index contributed by atoms with van der Waals surface area (Å²) in [6.07, 6.45) is 6.19. The Morgan fingerprint density at radius 1 is 1.45 bits per heavy atom. The lowest BCUT2D eigenvalue weighted by atomic mass is 9.85. The van der Waals surface area contributed by atoms with E-state index in [0.717, 1.165) is 6.42 Å². The highest BCUT2D eigenvalue weighted by Gasteiger charge is 2.38. The van der Waals surface area contributed by atoms with Crippen LogP contribution in [-0.4, -0.2) is 43.5 Å². The monoisotopic (exact) mass is 321 g/mol. The van der Waals surface area contributed by atoms with Crippen molar-refractivity contribution >= 4 is 17.2 Å². The van der Waals surface area contributed by atoms with E-state index >= 15 is 0 Å². The SMILES string of the molecule is CN(C)C(CNC(=O)C1CC2CCCCC2N1)c1cccs1. The van der Waals surface area contributed by atoms with Gasteiger partial charge in [0.2, 0.25) is 5.91 Å². The molecule has 1 aromatic rings. The smallest absolute Gasteiger partial charge is 0.237 e. The first-order chi connectivity index (χ1) is 10.6. The maximum Gasteiger partial charge on any atom is 0.237 e. The van der Waals surface area contributed by atoms with Crippen molar-refractivity contribution in [3.05, 3.63) is 22.4 Å². The van der Waals surface area contributed by atoms with Gasteiger partial charge in [0.05, 0.1) is 12.1 Å². The minimum atomic E-state index is 0.0132. The maximum absolute atomic E-state index is 12.5. The number of carbonyl (C=O) groups is 1. The van der Waals surface area contributed by atoms with Gasteiger partial charge in [-0.3, -0.25) is 4.79 Å². The Labute approximate surface area is 137 Å². The third-order valence-corrected chi connectivity index (χ3v) is 6.12. The summed E-state index contributed by atoms with van der Waals surface area (Å²) in [5, 5.41) is 8.82. The van der Waals surface area contributed by atoms with Gasteiger partial charge < -0.3 is 15.5 Å². The molecule has 2 N–H and O–H groups in total. The maximum atomic E-state index is 12.5. The van der Waals surface area contributed by atoms with Crippen molar-refractivity contribution in [1.29, 1.82) is 0 Å². The molecule has 5 heteroatoms. The van der Waals surface area contributed by atoms with Crippen LogP contribution >= 0.6 is 11.3 Å². The van der Waals surface area contributed by atoms with Crippen molar-refractivity contribution in [3.8, 4) is 0 Å². The average Bonchev–Trinajstić information content (AvgIpc) is 3.16. The lowest BCUT2D eigenvalue weighted by Gasteiger charge is -2.24. The molecular formula is C17H27N3OS. The Hall–Kier alpha value is -0.910. The fourth-order valence-electron chi connectivity index (χ4n) is 3.86. The summed E-state index contributed by atoms with van der Waals surface area (Å²) in [6.45, 7) is 0.680. The number of thiophene rings is 1. The van der Waals surface area contributed by atoms with Crippen LogP contribution in [0.4, 0.5) is 0 Å².